The summed E-state index contributed by atoms with van der Waals surface area (Å²) >= 11 is 0. The minimum atomic E-state index is -0.111. The van der Waals surface area contributed by atoms with Crippen molar-refractivity contribution in [2.24, 2.45) is 5.84 Å². The molecule has 1 aromatic carbocycles. The van der Waals surface area contributed by atoms with Crippen LogP contribution < -0.4 is 21.7 Å². The predicted octanol–water partition coefficient (Wildman–Crippen LogP) is 0.748. The van der Waals surface area contributed by atoms with Crippen molar-refractivity contribution >= 4 is 5.82 Å². The summed E-state index contributed by atoms with van der Waals surface area (Å²) in [5.74, 6) is 6.94. The van der Waals surface area contributed by atoms with Crippen molar-refractivity contribution < 1.29 is 4.74 Å². The second-order valence-corrected chi connectivity index (χ2v) is 3.97. The van der Waals surface area contributed by atoms with E-state index in [0.717, 1.165) is 16.9 Å². The molecule has 96 valence electrons. The first-order valence-electron chi connectivity index (χ1n) is 5.63. The third-order valence-electron chi connectivity index (χ3n) is 2.89. The molecule has 0 spiro atoms. The molecule has 6 N–H and O–H groups in total. The molecule has 0 bridgehead atoms. The molecule has 18 heavy (non-hydrogen) atoms. The van der Waals surface area contributed by atoms with E-state index in [0.29, 0.717) is 12.2 Å². The van der Waals surface area contributed by atoms with E-state index in [2.05, 4.69) is 15.6 Å². The third-order valence-corrected chi connectivity index (χ3v) is 2.89. The Morgan fingerprint density at radius 2 is 2.22 bits per heavy atom. The van der Waals surface area contributed by atoms with Crippen LogP contribution >= 0.6 is 0 Å². The number of anilines is 1. The molecule has 0 saturated heterocycles. The van der Waals surface area contributed by atoms with Gasteiger partial charge >= 0.3 is 0 Å². The van der Waals surface area contributed by atoms with Crippen LogP contribution in [0.1, 0.15) is 17.2 Å². The van der Waals surface area contributed by atoms with Crippen LogP contribution in [0.3, 0.4) is 0 Å². The van der Waals surface area contributed by atoms with Crippen molar-refractivity contribution in [2.75, 3.05) is 12.8 Å². The predicted molar refractivity (Wildman–Crippen MR) is 69.8 cm³/mol. The van der Waals surface area contributed by atoms with Crippen molar-refractivity contribution in [3.8, 4) is 5.75 Å². The molecule has 0 amide bonds. The van der Waals surface area contributed by atoms with Crippen LogP contribution in [0.2, 0.25) is 0 Å². The highest BCUT2D eigenvalue weighted by molar-refractivity contribution is 5.41. The van der Waals surface area contributed by atoms with Crippen LogP contribution in [0.5, 0.6) is 5.75 Å². The molecule has 1 heterocycles. The highest BCUT2D eigenvalue weighted by atomic mass is 16.5. The fourth-order valence-corrected chi connectivity index (χ4v) is 1.93. The zero-order chi connectivity index (χ0) is 13.0. The molecule has 0 aliphatic rings. The zero-order valence-corrected chi connectivity index (χ0v) is 10.2. The van der Waals surface area contributed by atoms with E-state index < -0.39 is 0 Å². The maximum Gasteiger partial charge on any atom is 0.123 e. The Hall–Kier alpha value is -2.05. The van der Waals surface area contributed by atoms with E-state index in [1.807, 2.05) is 24.3 Å². The molecule has 1 atom stereocenters. The van der Waals surface area contributed by atoms with Crippen LogP contribution in [-0.4, -0.2) is 17.3 Å². The van der Waals surface area contributed by atoms with Crippen molar-refractivity contribution in [3.63, 3.8) is 0 Å². The number of H-pyrrole nitrogens is 1. The number of para-hydroxylation sites is 1. The molecule has 2 rings (SSSR count). The number of hydrogen-bond acceptors (Lipinski definition) is 5. The van der Waals surface area contributed by atoms with Gasteiger partial charge in [-0.2, -0.15) is 5.10 Å². The van der Waals surface area contributed by atoms with E-state index in [4.69, 9.17) is 16.3 Å². The normalized spacial score (nSPS) is 12.3. The van der Waals surface area contributed by atoms with Gasteiger partial charge in [0, 0.05) is 5.56 Å². The van der Waals surface area contributed by atoms with Gasteiger partial charge in [-0.25, -0.2) is 0 Å². The number of aromatic amines is 1. The van der Waals surface area contributed by atoms with E-state index >= 15 is 0 Å². The first-order chi connectivity index (χ1) is 8.76. The van der Waals surface area contributed by atoms with Crippen LogP contribution in [-0.2, 0) is 6.42 Å². The third kappa shape index (κ3) is 2.44. The number of rotatable bonds is 5. The smallest absolute Gasteiger partial charge is 0.123 e. The maximum absolute atomic E-state index is 5.80. The fraction of sp³-hybridized carbons (Fsp3) is 0.250. The van der Waals surface area contributed by atoms with Crippen molar-refractivity contribution in [3.05, 3.63) is 41.6 Å². The molecule has 0 radical (unpaired) electrons. The fourth-order valence-electron chi connectivity index (χ4n) is 1.93. The second-order valence-electron chi connectivity index (χ2n) is 3.97. The molecule has 6 nitrogen and oxygen atoms in total. The van der Waals surface area contributed by atoms with Gasteiger partial charge in [-0.15, -0.1) is 0 Å². The van der Waals surface area contributed by atoms with Gasteiger partial charge in [0.1, 0.15) is 11.6 Å². The van der Waals surface area contributed by atoms with E-state index in [1.165, 1.54) is 0 Å². The monoisotopic (exact) mass is 247 g/mol. The number of hydrazine groups is 1. The lowest BCUT2D eigenvalue weighted by atomic mass is 10.0. The van der Waals surface area contributed by atoms with Gasteiger partial charge in [-0.1, -0.05) is 18.2 Å². The highest BCUT2D eigenvalue weighted by Gasteiger charge is 2.16. The molecule has 0 saturated carbocycles. The van der Waals surface area contributed by atoms with Gasteiger partial charge < -0.3 is 10.5 Å². The number of aromatic nitrogens is 2. The zero-order valence-electron chi connectivity index (χ0n) is 10.2. The molecular weight excluding hydrogens is 230 g/mol. The Morgan fingerprint density at radius 1 is 1.44 bits per heavy atom. The van der Waals surface area contributed by atoms with Crippen molar-refractivity contribution in [2.45, 2.75) is 12.5 Å². The van der Waals surface area contributed by atoms with E-state index in [9.17, 15) is 0 Å². The van der Waals surface area contributed by atoms with Crippen LogP contribution in [0, 0.1) is 0 Å². The molecule has 1 aromatic heterocycles. The molecule has 6 heteroatoms. The minimum Gasteiger partial charge on any atom is -0.496 e. The van der Waals surface area contributed by atoms with Crippen LogP contribution in [0.15, 0.2) is 30.5 Å². The summed E-state index contributed by atoms with van der Waals surface area (Å²) in [6, 6.07) is 7.70. The summed E-state index contributed by atoms with van der Waals surface area (Å²) in [5.41, 5.74) is 10.5. The lowest BCUT2D eigenvalue weighted by Crippen LogP contribution is -2.30. The standard InChI is InChI=1S/C12H17N5O/c1-18-11-5-3-2-4-8(11)6-10(16-14)9-7-15-17-12(9)13/h2-5,7,10,16H,6,14H2,1H3,(H3,13,15,17). The lowest BCUT2D eigenvalue weighted by Gasteiger charge is -2.16. The summed E-state index contributed by atoms with van der Waals surface area (Å²) in [4.78, 5) is 0. The van der Waals surface area contributed by atoms with Gasteiger partial charge in [0.05, 0.1) is 19.3 Å². The number of benzene rings is 1. The second kappa shape index (κ2) is 5.52. The van der Waals surface area contributed by atoms with Crippen molar-refractivity contribution in [1.82, 2.24) is 15.6 Å². The first-order valence-corrected chi connectivity index (χ1v) is 5.63. The molecule has 0 aliphatic heterocycles. The van der Waals surface area contributed by atoms with Gasteiger partial charge in [0.25, 0.3) is 0 Å². The Morgan fingerprint density at radius 3 is 2.83 bits per heavy atom. The number of nitrogens with one attached hydrogen (secondary N) is 2. The molecule has 1 unspecified atom stereocenters. The molecule has 2 aromatic rings. The highest BCUT2D eigenvalue weighted by Crippen LogP contribution is 2.26. The van der Waals surface area contributed by atoms with Gasteiger partial charge in [-0.05, 0) is 18.1 Å². The molecule has 0 aliphatic carbocycles. The summed E-state index contributed by atoms with van der Waals surface area (Å²) in [6.45, 7) is 0. The van der Waals surface area contributed by atoms with Gasteiger partial charge in [0.2, 0.25) is 0 Å². The summed E-state index contributed by atoms with van der Waals surface area (Å²) in [7, 11) is 1.65. The quantitative estimate of drug-likeness (QED) is 0.461. The summed E-state index contributed by atoms with van der Waals surface area (Å²) in [5, 5.41) is 6.60. The number of hydrogen-bond donors (Lipinski definition) is 4. The SMILES string of the molecule is COc1ccccc1CC(NN)c1cn[nH]c1N. The minimum absolute atomic E-state index is 0.111. The average molecular weight is 247 g/mol. The largest absolute Gasteiger partial charge is 0.496 e. The summed E-state index contributed by atoms with van der Waals surface area (Å²) in [6.07, 6.45) is 2.35. The summed E-state index contributed by atoms with van der Waals surface area (Å²) < 4.78 is 5.32. The lowest BCUT2D eigenvalue weighted by molar-refractivity contribution is 0.405. The molecule has 0 fully saturated rings. The van der Waals surface area contributed by atoms with Crippen molar-refractivity contribution in [1.29, 1.82) is 0 Å². The number of ether oxygens (including phenoxy) is 1. The maximum atomic E-state index is 5.80. The first kappa shape index (κ1) is 12.4. The van der Waals surface area contributed by atoms with Gasteiger partial charge in [0.15, 0.2) is 0 Å². The van der Waals surface area contributed by atoms with Crippen LogP contribution in [0.25, 0.3) is 0 Å². The van der Waals surface area contributed by atoms with E-state index in [-0.39, 0.29) is 6.04 Å². The topological polar surface area (TPSA) is 102 Å². The number of nitrogen functional groups attached to an aromatic ring is 1. The number of nitrogens with two attached hydrogens (primary N) is 2. The number of nitrogens with zero attached hydrogens (tertiary/aromatic N) is 1. The van der Waals surface area contributed by atoms with Crippen LogP contribution in [0.4, 0.5) is 5.82 Å². The Balaban J connectivity index is 2.23. The van der Waals surface area contributed by atoms with E-state index in [1.54, 1.807) is 13.3 Å². The Kier molecular flexibility index (Phi) is 3.81. The number of methoxy groups -OCH3 is 1. The van der Waals surface area contributed by atoms with Gasteiger partial charge in [-0.3, -0.25) is 16.4 Å². The Bertz CT molecular complexity index is 511. The average Bonchev–Trinajstić information content (AvgIpc) is 2.82. The molecular formula is C12H17N5O. The Labute approximate surface area is 105 Å².